The van der Waals surface area contributed by atoms with E-state index in [9.17, 15) is 26.8 Å². The van der Waals surface area contributed by atoms with Gasteiger partial charge in [-0.2, -0.15) is 4.31 Å². The van der Waals surface area contributed by atoms with E-state index >= 15 is 0 Å². The zero-order valence-corrected chi connectivity index (χ0v) is 16.6. The number of carbonyl (C=O) groups excluding carboxylic acids is 2. The van der Waals surface area contributed by atoms with Crippen LogP contribution in [0.15, 0.2) is 47.4 Å². The molecule has 0 aliphatic heterocycles. The molecular weight excluding hydrogens is 406 g/mol. The van der Waals surface area contributed by atoms with Crippen LogP contribution in [0.4, 0.5) is 14.5 Å². The number of hydrogen-bond donors (Lipinski definition) is 1. The first kappa shape index (κ1) is 22.4. The quantitative estimate of drug-likeness (QED) is 0.656. The van der Waals surface area contributed by atoms with Gasteiger partial charge in [-0.3, -0.25) is 4.79 Å². The van der Waals surface area contributed by atoms with E-state index in [0.29, 0.717) is 13.1 Å². The van der Waals surface area contributed by atoms with E-state index in [1.807, 2.05) is 0 Å². The molecule has 7 nitrogen and oxygen atoms in total. The molecule has 10 heteroatoms. The molecule has 0 atom stereocenters. The maximum Gasteiger partial charge on any atom is 0.338 e. The summed E-state index contributed by atoms with van der Waals surface area (Å²) in [5.41, 5.74) is 0.0695. The van der Waals surface area contributed by atoms with Gasteiger partial charge >= 0.3 is 5.97 Å². The average Bonchev–Trinajstić information content (AvgIpc) is 2.70. The van der Waals surface area contributed by atoms with Crippen LogP contribution in [0.3, 0.4) is 0 Å². The number of carbonyl (C=O) groups is 2. The Hall–Kier alpha value is -2.85. The largest absolute Gasteiger partial charge is 0.452 e. The molecular formula is C19H20F2N2O5S. The van der Waals surface area contributed by atoms with Crippen molar-refractivity contribution in [2.75, 3.05) is 25.0 Å². The fourth-order valence-electron chi connectivity index (χ4n) is 2.46. The molecule has 29 heavy (non-hydrogen) atoms. The Balaban J connectivity index is 1.97. The van der Waals surface area contributed by atoms with Gasteiger partial charge in [0.25, 0.3) is 5.91 Å². The van der Waals surface area contributed by atoms with Crippen LogP contribution in [0.1, 0.15) is 24.2 Å². The van der Waals surface area contributed by atoms with Crippen molar-refractivity contribution in [3.8, 4) is 0 Å². The molecule has 0 saturated heterocycles. The lowest BCUT2D eigenvalue weighted by atomic mass is 10.2. The number of benzene rings is 2. The second-order valence-corrected chi connectivity index (χ2v) is 7.80. The number of sulfonamides is 1. The van der Waals surface area contributed by atoms with Gasteiger partial charge < -0.3 is 10.1 Å². The predicted octanol–water partition coefficient (Wildman–Crippen LogP) is 2.79. The van der Waals surface area contributed by atoms with Gasteiger partial charge in [0.15, 0.2) is 18.2 Å². The fourth-order valence-corrected chi connectivity index (χ4v) is 3.92. The van der Waals surface area contributed by atoms with Crippen LogP contribution in [-0.4, -0.2) is 44.3 Å². The highest BCUT2D eigenvalue weighted by Crippen LogP contribution is 2.17. The van der Waals surface area contributed by atoms with Crippen molar-refractivity contribution in [3.05, 3.63) is 59.7 Å². The Morgan fingerprint density at radius 2 is 1.62 bits per heavy atom. The fraction of sp³-hybridized carbons (Fsp3) is 0.263. The molecule has 1 amide bonds. The molecule has 1 N–H and O–H groups in total. The summed E-state index contributed by atoms with van der Waals surface area (Å²) in [7, 11) is -3.65. The number of halogens is 2. The lowest BCUT2D eigenvalue weighted by Gasteiger charge is -2.18. The van der Waals surface area contributed by atoms with Crippen LogP contribution in [0.2, 0.25) is 0 Å². The van der Waals surface area contributed by atoms with Crippen LogP contribution in [-0.2, 0) is 19.6 Å². The number of ether oxygens (including phenoxy) is 1. The number of nitrogens with zero attached hydrogens (tertiary/aromatic N) is 1. The third-order valence-corrected chi connectivity index (χ3v) is 6.04. The molecule has 0 bridgehead atoms. The van der Waals surface area contributed by atoms with Crippen molar-refractivity contribution in [1.29, 1.82) is 0 Å². The van der Waals surface area contributed by atoms with Crippen molar-refractivity contribution in [3.63, 3.8) is 0 Å². The van der Waals surface area contributed by atoms with E-state index in [1.54, 1.807) is 13.8 Å². The number of amides is 1. The molecule has 0 heterocycles. The Morgan fingerprint density at radius 3 is 2.17 bits per heavy atom. The molecule has 2 aromatic carbocycles. The lowest BCUT2D eigenvalue weighted by molar-refractivity contribution is -0.119. The van der Waals surface area contributed by atoms with E-state index in [4.69, 9.17) is 4.74 Å². The highest BCUT2D eigenvalue weighted by Gasteiger charge is 2.22. The average molecular weight is 426 g/mol. The number of rotatable bonds is 8. The van der Waals surface area contributed by atoms with Gasteiger partial charge in [-0.05, 0) is 36.4 Å². The van der Waals surface area contributed by atoms with Crippen molar-refractivity contribution in [2.24, 2.45) is 0 Å². The molecule has 0 saturated carbocycles. The number of hydrogen-bond acceptors (Lipinski definition) is 5. The van der Waals surface area contributed by atoms with Gasteiger partial charge in [0, 0.05) is 24.8 Å². The summed E-state index contributed by atoms with van der Waals surface area (Å²) in [6.07, 6.45) is 0. The predicted molar refractivity (Wildman–Crippen MR) is 102 cm³/mol. The molecule has 0 aliphatic rings. The third kappa shape index (κ3) is 5.58. The van der Waals surface area contributed by atoms with E-state index in [0.717, 1.165) is 18.2 Å². The van der Waals surface area contributed by atoms with Gasteiger partial charge in [0.2, 0.25) is 10.0 Å². The zero-order chi connectivity index (χ0) is 21.6. The van der Waals surface area contributed by atoms with E-state index in [-0.39, 0.29) is 16.1 Å². The highest BCUT2D eigenvalue weighted by atomic mass is 32.2. The molecule has 0 unspecified atom stereocenters. The molecule has 2 aromatic rings. The maximum absolute atomic E-state index is 13.1. The van der Waals surface area contributed by atoms with Crippen molar-refractivity contribution < 1.29 is 31.5 Å². The first-order valence-electron chi connectivity index (χ1n) is 8.71. The minimum Gasteiger partial charge on any atom is -0.452 e. The van der Waals surface area contributed by atoms with E-state index in [1.165, 1.54) is 28.6 Å². The number of anilines is 1. The van der Waals surface area contributed by atoms with Crippen molar-refractivity contribution >= 4 is 27.6 Å². The second kappa shape index (κ2) is 9.57. The Morgan fingerprint density at radius 1 is 1.00 bits per heavy atom. The van der Waals surface area contributed by atoms with Gasteiger partial charge in [-0.1, -0.05) is 13.8 Å². The molecule has 0 radical (unpaired) electrons. The summed E-state index contributed by atoms with van der Waals surface area (Å²) in [5, 5.41) is 2.26. The SMILES string of the molecule is CCN(CC)S(=O)(=O)c1ccc(C(=O)OCC(=O)Nc2ccc(F)c(F)c2)cc1. The molecule has 0 aliphatic carbocycles. The Kier molecular flexibility index (Phi) is 7.40. The third-order valence-electron chi connectivity index (χ3n) is 3.97. The molecule has 0 aromatic heterocycles. The molecule has 0 spiro atoms. The maximum atomic E-state index is 13.1. The van der Waals surface area contributed by atoms with E-state index in [2.05, 4.69) is 5.32 Å². The van der Waals surface area contributed by atoms with Crippen LogP contribution in [0.25, 0.3) is 0 Å². The minimum absolute atomic E-state index is 0.0101. The monoisotopic (exact) mass is 426 g/mol. The zero-order valence-electron chi connectivity index (χ0n) is 15.8. The highest BCUT2D eigenvalue weighted by molar-refractivity contribution is 7.89. The number of esters is 1. The first-order chi connectivity index (χ1) is 13.7. The van der Waals surface area contributed by atoms with Crippen LogP contribution in [0.5, 0.6) is 0 Å². The number of nitrogens with one attached hydrogen (secondary N) is 1. The summed E-state index contributed by atoms with van der Waals surface area (Å²) < 4.78 is 57.0. The van der Waals surface area contributed by atoms with Gasteiger partial charge in [0.1, 0.15) is 0 Å². The summed E-state index contributed by atoms with van der Waals surface area (Å²) in [6, 6.07) is 7.94. The van der Waals surface area contributed by atoms with Crippen LogP contribution in [0, 0.1) is 11.6 Å². The van der Waals surface area contributed by atoms with Gasteiger partial charge in [-0.15, -0.1) is 0 Å². The van der Waals surface area contributed by atoms with Crippen LogP contribution >= 0.6 is 0 Å². The topological polar surface area (TPSA) is 92.8 Å². The summed E-state index contributed by atoms with van der Waals surface area (Å²) in [6.45, 7) is 3.42. The van der Waals surface area contributed by atoms with Gasteiger partial charge in [-0.25, -0.2) is 22.0 Å². The lowest BCUT2D eigenvalue weighted by Crippen LogP contribution is -2.30. The molecule has 156 valence electrons. The van der Waals surface area contributed by atoms with Crippen molar-refractivity contribution in [1.82, 2.24) is 4.31 Å². The Labute approximate surface area is 167 Å². The summed E-state index contributed by atoms with van der Waals surface area (Å²) >= 11 is 0. The summed E-state index contributed by atoms with van der Waals surface area (Å²) in [5.74, 6) is -3.76. The Bertz CT molecular complexity index is 990. The van der Waals surface area contributed by atoms with Crippen LogP contribution < -0.4 is 5.32 Å². The second-order valence-electron chi connectivity index (χ2n) is 5.87. The molecule has 0 fully saturated rings. The normalized spacial score (nSPS) is 11.3. The smallest absolute Gasteiger partial charge is 0.338 e. The van der Waals surface area contributed by atoms with Gasteiger partial charge in [0.05, 0.1) is 10.5 Å². The van der Waals surface area contributed by atoms with Crippen molar-refractivity contribution in [2.45, 2.75) is 18.7 Å². The van der Waals surface area contributed by atoms with E-state index < -0.39 is 40.1 Å². The first-order valence-corrected chi connectivity index (χ1v) is 10.1. The summed E-state index contributed by atoms with van der Waals surface area (Å²) in [4.78, 5) is 23.9. The minimum atomic E-state index is -3.65. The molecule has 2 rings (SSSR count). The standard InChI is InChI=1S/C19H20F2N2O5S/c1-3-23(4-2)29(26,27)15-8-5-13(6-9-15)19(25)28-12-18(24)22-14-7-10-16(20)17(21)11-14/h5-11H,3-4,12H2,1-2H3,(H,22,24).